The lowest BCUT2D eigenvalue weighted by Crippen LogP contribution is -2.59. The number of β-amino-alcohol motifs (C(OH)–C–C–N with tert-alkyl or cyclic N) is 1. The number of amides is 3. The van der Waals surface area contributed by atoms with E-state index < -0.39 is 47.0 Å². The van der Waals surface area contributed by atoms with Gasteiger partial charge >= 0.3 is 0 Å². The third-order valence-corrected chi connectivity index (χ3v) is 13.5. The summed E-state index contributed by atoms with van der Waals surface area (Å²) >= 11 is 1.51. The fraction of sp³-hybridized carbons (Fsp3) is 0.429. The highest BCUT2D eigenvalue weighted by atomic mass is 32.1. The normalized spacial score (nSPS) is 18.6. The summed E-state index contributed by atoms with van der Waals surface area (Å²) in [6, 6.07) is 20.6. The Kier molecular flexibility index (Phi) is 14.0. The van der Waals surface area contributed by atoms with Crippen molar-refractivity contribution in [3.63, 3.8) is 0 Å². The number of aromatic hydroxyl groups is 1. The van der Waals surface area contributed by atoms with Gasteiger partial charge in [-0.2, -0.15) is 0 Å². The molecule has 3 atom stereocenters. The molecule has 8 rings (SSSR count). The molecule has 1 aliphatic carbocycles. The molecule has 16 nitrogen and oxygen atoms in total. The number of aliphatic hydroxyl groups excluding tert-OH is 1. The second-order valence-electron chi connectivity index (χ2n) is 18.6. The number of ether oxygens (including phenoxy) is 2. The highest BCUT2D eigenvalue weighted by Gasteiger charge is 2.53. The SMILES string of the molecule is Cc1ncsc1-c1ccc(CNC(=O)C2CC(O)CN2C(=O)C(NC(=O)C2(F)CC2)C(C)(C)C)c(OCCOc2ccc(CN3CCN(c4cc(-c5ccccc5O)nnc4N)CC3)cc2)c1. The van der Waals surface area contributed by atoms with E-state index in [1.807, 2.05) is 49.4 Å². The smallest absolute Gasteiger partial charge is 0.258 e. The predicted molar refractivity (Wildman–Crippen MR) is 253 cm³/mol. The first-order chi connectivity index (χ1) is 32.1. The van der Waals surface area contributed by atoms with Crippen molar-refractivity contribution in [1.82, 2.24) is 35.6 Å². The molecule has 3 aromatic carbocycles. The Balaban J connectivity index is 0.848. The van der Waals surface area contributed by atoms with Crippen LogP contribution in [0.1, 0.15) is 56.9 Å². The van der Waals surface area contributed by atoms with Crippen molar-refractivity contribution in [2.75, 3.05) is 56.6 Å². The number of hydrogen-bond donors (Lipinski definition) is 5. The summed E-state index contributed by atoms with van der Waals surface area (Å²) in [5.41, 5.74) is 10.9. The Morgan fingerprint density at radius 1 is 0.985 bits per heavy atom. The third-order valence-electron chi connectivity index (χ3n) is 12.5. The molecule has 0 radical (unpaired) electrons. The number of aromatic nitrogens is 3. The molecule has 354 valence electrons. The van der Waals surface area contributed by atoms with Gasteiger partial charge in [0.1, 0.15) is 42.5 Å². The second kappa shape index (κ2) is 19.8. The van der Waals surface area contributed by atoms with Crippen LogP contribution in [-0.2, 0) is 27.5 Å². The van der Waals surface area contributed by atoms with Gasteiger partial charge in [-0.25, -0.2) is 9.37 Å². The number of para-hydroxylation sites is 1. The van der Waals surface area contributed by atoms with Gasteiger partial charge in [0.15, 0.2) is 11.5 Å². The van der Waals surface area contributed by atoms with E-state index in [-0.39, 0.29) is 51.3 Å². The van der Waals surface area contributed by atoms with Gasteiger partial charge in [0, 0.05) is 63.4 Å². The van der Waals surface area contributed by atoms with E-state index in [0.717, 1.165) is 60.1 Å². The number of carbonyl (C=O) groups excluding carboxylic acids is 3. The maximum Gasteiger partial charge on any atom is 0.258 e. The monoisotopic (exact) mass is 935 g/mol. The maximum atomic E-state index is 14.6. The topological polar surface area (TPSA) is 209 Å². The maximum absolute atomic E-state index is 14.6. The van der Waals surface area contributed by atoms with Crippen molar-refractivity contribution < 1.29 is 38.5 Å². The first kappa shape index (κ1) is 47.1. The minimum Gasteiger partial charge on any atom is -0.507 e. The molecule has 4 heterocycles. The molecule has 1 saturated carbocycles. The number of rotatable bonds is 16. The van der Waals surface area contributed by atoms with E-state index in [1.54, 1.807) is 44.5 Å². The zero-order valence-electron chi connectivity index (χ0n) is 38.2. The Labute approximate surface area is 393 Å². The number of phenols is 1. The summed E-state index contributed by atoms with van der Waals surface area (Å²) in [5, 5.41) is 34.9. The zero-order valence-corrected chi connectivity index (χ0v) is 39.0. The van der Waals surface area contributed by atoms with Crippen LogP contribution in [0.3, 0.4) is 0 Å². The highest BCUT2D eigenvalue weighted by molar-refractivity contribution is 7.13. The van der Waals surface area contributed by atoms with E-state index in [1.165, 1.54) is 16.2 Å². The number of halogens is 1. The lowest BCUT2D eigenvalue weighted by Gasteiger charge is -2.36. The van der Waals surface area contributed by atoms with Crippen molar-refractivity contribution in [1.29, 1.82) is 0 Å². The minimum atomic E-state index is -1.98. The Morgan fingerprint density at radius 3 is 2.40 bits per heavy atom. The van der Waals surface area contributed by atoms with Crippen LogP contribution >= 0.6 is 11.3 Å². The number of nitrogens with zero attached hydrogens (tertiary/aromatic N) is 6. The Bertz CT molecular complexity index is 2580. The van der Waals surface area contributed by atoms with Gasteiger partial charge in [-0.15, -0.1) is 21.5 Å². The first-order valence-electron chi connectivity index (χ1n) is 22.6. The number of aliphatic hydroxyl groups is 1. The molecule has 5 aromatic rings. The van der Waals surface area contributed by atoms with Crippen molar-refractivity contribution >= 4 is 40.6 Å². The summed E-state index contributed by atoms with van der Waals surface area (Å²) < 4.78 is 27.0. The molecule has 2 aromatic heterocycles. The average Bonchev–Trinajstić information content (AvgIpc) is 3.72. The summed E-state index contributed by atoms with van der Waals surface area (Å²) in [6.45, 7) is 11.6. The van der Waals surface area contributed by atoms with Crippen LogP contribution in [0.25, 0.3) is 21.7 Å². The lowest BCUT2D eigenvalue weighted by atomic mass is 9.85. The molecular formula is C49H58FN9O7S. The number of benzene rings is 3. The van der Waals surface area contributed by atoms with Crippen molar-refractivity contribution in [2.24, 2.45) is 5.41 Å². The third kappa shape index (κ3) is 11.1. The molecule has 2 aliphatic heterocycles. The average molecular weight is 936 g/mol. The number of nitrogens with two attached hydrogens (primary N) is 1. The molecule has 0 bridgehead atoms. The fourth-order valence-electron chi connectivity index (χ4n) is 8.45. The molecule has 3 fully saturated rings. The van der Waals surface area contributed by atoms with E-state index in [0.29, 0.717) is 34.1 Å². The number of piperazine rings is 1. The lowest BCUT2D eigenvalue weighted by molar-refractivity contribution is -0.145. The van der Waals surface area contributed by atoms with Crippen LogP contribution in [0.4, 0.5) is 15.9 Å². The number of nitrogens with one attached hydrogen (secondary N) is 2. The van der Waals surface area contributed by atoms with Crippen molar-refractivity contribution in [3.8, 4) is 38.9 Å². The van der Waals surface area contributed by atoms with Gasteiger partial charge in [-0.3, -0.25) is 19.3 Å². The van der Waals surface area contributed by atoms with Crippen molar-refractivity contribution in [2.45, 2.75) is 83.9 Å². The van der Waals surface area contributed by atoms with Gasteiger partial charge in [0.05, 0.1) is 33.6 Å². The highest BCUT2D eigenvalue weighted by Crippen LogP contribution is 2.41. The number of alkyl halides is 1. The molecule has 18 heteroatoms. The molecule has 3 amide bonds. The summed E-state index contributed by atoms with van der Waals surface area (Å²) in [4.78, 5) is 51.7. The van der Waals surface area contributed by atoms with Gasteiger partial charge in [0.2, 0.25) is 11.8 Å². The fourth-order valence-corrected chi connectivity index (χ4v) is 9.25. The van der Waals surface area contributed by atoms with E-state index in [2.05, 4.69) is 47.7 Å². The van der Waals surface area contributed by atoms with Crippen LogP contribution in [0.5, 0.6) is 17.2 Å². The number of anilines is 2. The van der Waals surface area contributed by atoms with Crippen LogP contribution in [0.2, 0.25) is 0 Å². The van der Waals surface area contributed by atoms with E-state index in [4.69, 9.17) is 15.2 Å². The second-order valence-corrected chi connectivity index (χ2v) is 19.4. The van der Waals surface area contributed by atoms with Gasteiger partial charge < -0.3 is 45.9 Å². The summed E-state index contributed by atoms with van der Waals surface area (Å²) in [7, 11) is 0. The molecule has 67 heavy (non-hydrogen) atoms. The Morgan fingerprint density at radius 2 is 1.72 bits per heavy atom. The predicted octanol–water partition coefficient (Wildman–Crippen LogP) is 5.25. The number of carbonyl (C=O) groups is 3. The number of phenolic OH excluding ortho intramolecular Hbond substituents is 1. The van der Waals surface area contributed by atoms with Crippen LogP contribution in [0, 0.1) is 12.3 Å². The van der Waals surface area contributed by atoms with Crippen LogP contribution < -0.4 is 30.7 Å². The van der Waals surface area contributed by atoms with Gasteiger partial charge in [0.25, 0.3) is 5.91 Å². The number of thiazole rings is 1. The summed E-state index contributed by atoms with van der Waals surface area (Å²) in [6.07, 6.45) is -0.724. The zero-order chi connectivity index (χ0) is 47.5. The van der Waals surface area contributed by atoms with Gasteiger partial charge in [-0.05, 0) is 72.7 Å². The molecular weight excluding hydrogens is 878 g/mol. The number of aryl methyl sites for hydroxylation is 1. The van der Waals surface area contributed by atoms with Crippen molar-refractivity contribution in [3.05, 3.63) is 95.1 Å². The molecule has 0 spiro atoms. The Hall–Kier alpha value is -6.37. The molecule has 6 N–H and O–H groups in total. The molecule has 3 unspecified atom stereocenters. The first-order valence-corrected chi connectivity index (χ1v) is 23.5. The summed E-state index contributed by atoms with van der Waals surface area (Å²) in [5.74, 6) is -0.123. The van der Waals surface area contributed by atoms with Crippen LogP contribution in [0.15, 0.2) is 78.3 Å². The number of likely N-dealkylation sites (tertiary alicyclic amines) is 1. The van der Waals surface area contributed by atoms with Crippen LogP contribution in [-0.4, -0.2) is 123 Å². The number of nitrogen functional groups attached to an aromatic ring is 1. The minimum absolute atomic E-state index is 0.0170. The largest absolute Gasteiger partial charge is 0.507 e. The molecule has 3 aliphatic rings. The van der Waals surface area contributed by atoms with Gasteiger partial charge in [-0.1, -0.05) is 57.2 Å². The quantitative estimate of drug-likeness (QED) is 0.0802. The number of hydrogen-bond acceptors (Lipinski definition) is 14. The molecule has 2 saturated heterocycles. The van der Waals surface area contributed by atoms with E-state index in [9.17, 15) is 29.0 Å². The standard InChI is InChI=1S/C49H58FN9O7S/c1-30-42(67-29-53-30)32-11-12-33(26-52-45(62)39-24-34(60)28-59(39)46(63)43(48(2,3)4)54-47(64)49(50)15-16-49)41(23-32)66-22-21-65-35-13-9-31(10-14-35)27-57-17-19-58(20-18-57)38-25-37(55-56-44(38)51)36-7-5-6-8-40(36)61/h5-14,23,25,29,34,39,43,60-61H,15-22,24,26-28H2,1-4H3,(H2,51,56)(H,52,62)(H,54,64). The van der Waals surface area contributed by atoms with E-state index >= 15 is 0 Å².